The van der Waals surface area contributed by atoms with Gasteiger partial charge in [0.2, 0.25) is 10.0 Å². The fourth-order valence-electron chi connectivity index (χ4n) is 2.40. The van der Waals surface area contributed by atoms with Crippen molar-refractivity contribution in [2.75, 3.05) is 13.1 Å². The second kappa shape index (κ2) is 7.87. The van der Waals surface area contributed by atoms with Crippen LogP contribution in [0.5, 0.6) is 0 Å². The summed E-state index contributed by atoms with van der Waals surface area (Å²) < 4.78 is 40.6. The molecule has 0 spiro atoms. The van der Waals surface area contributed by atoms with Crippen molar-refractivity contribution < 1.29 is 12.8 Å². The van der Waals surface area contributed by atoms with E-state index in [1.807, 2.05) is 6.92 Å². The molecule has 2 rings (SSSR count). The van der Waals surface area contributed by atoms with Gasteiger partial charge in [0, 0.05) is 10.5 Å². The van der Waals surface area contributed by atoms with Crippen molar-refractivity contribution in [3.05, 3.63) is 28.5 Å². The van der Waals surface area contributed by atoms with Gasteiger partial charge < -0.3 is 5.32 Å². The van der Waals surface area contributed by atoms with Gasteiger partial charge in [0.1, 0.15) is 5.82 Å². The monoisotopic (exact) mass is 400 g/mol. The van der Waals surface area contributed by atoms with Gasteiger partial charge in [-0.05, 0) is 72.9 Å². The minimum absolute atomic E-state index is 0. The molecule has 0 aliphatic carbocycles. The Morgan fingerprint density at radius 2 is 2.19 bits per heavy atom. The fraction of sp³-hybridized carbons (Fsp3) is 0.538. The zero-order valence-electron chi connectivity index (χ0n) is 11.6. The summed E-state index contributed by atoms with van der Waals surface area (Å²) in [6, 6.07) is 3.41. The van der Waals surface area contributed by atoms with Crippen LogP contribution in [0.1, 0.15) is 19.8 Å². The summed E-state index contributed by atoms with van der Waals surface area (Å²) in [5.41, 5.74) is 0. The summed E-state index contributed by atoms with van der Waals surface area (Å²) in [4.78, 5) is 0.0644. The molecular weight excluding hydrogens is 383 g/mol. The van der Waals surface area contributed by atoms with Gasteiger partial charge in [-0.15, -0.1) is 12.4 Å². The minimum Gasteiger partial charge on any atom is -0.316 e. The highest BCUT2D eigenvalue weighted by Crippen LogP contribution is 2.24. The van der Waals surface area contributed by atoms with Crippen molar-refractivity contribution in [2.24, 2.45) is 5.92 Å². The van der Waals surface area contributed by atoms with Gasteiger partial charge in [-0.1, -0.05) is 0 Å². The van der Waals surface area contributed by atoms with Gasteiger partial charge in [0.15, 0.2) is 0 Å². The second-order valence-electron chi connectivity index (χ2n) is 5.09. The van der Waals surface area contributed by atoms with Crippen molar-refractivity contribution in [2.45, 2.75) is 30.7 Å². The zero-order chi connectivity index (χ0) is 14.8. The Morgan fingerprint density at radius 3 is 2.76 bits per heavy atom. The van der Waals surface area contributed by atoms with Crippen LogP contribution in [-0.4, -0.2) is 27.5 Å². The Hall–Kier alpha value is -0.210. The first-order valence-corrected chi connectivity index (χ1v) is 8.86. The summed E-state index contributed by atoms with van der Waals surface area (Å²) in [6.45, 7) is 3.67. The molecule has 0 radical (unpaired) electrons. The predicted octanol–water partition coefficient (Wildman–Crippen LogP) is 2.68. The van der Waals surface area contributed by atoms with Crippen molar-refractivity contribution in [1.82, 2.24) is 10.0 Å². The molecule has 1 heterocycles. The third-order valence-electron chi connectivity index (χ3n) is 3.57. The van der Waals surface area contributed by atoms with E-state index >= 15 is 0 Å². The van der Waals surface area contributed by atoms with E-state index in [2.05, 4.69) is 26.0 Å². The Bertz CT molecular complexity index is 580. The number of rotatable bonds is 4. The number of halogens is 3. The molecular formula is C13H19BrClFN2O2S. The van der Waals surface area contributed by atoms with Crippen LogP contribution in [0, 0.1) is 11.7 Å². The maximum absolute atomic E-state index is 13.0. The third-order valence-corrected chi connectivity index (χ3v) is 6.10. The van der Waals surface area contributed by atoms with E-state index in [0.717, 1.165) is 38.1 Å². The summed E-state index contributed by atoms with van der Waals surface area (Å²) in [5.74, 6) is -0.196. The van der Waals surface area contributed by atoms with Crippen LogP contribution in [0.2, 0.25) is 0 Å². The smallest absolute Gasteiger partial charge is 0.241 e. The first-order valence-electron chi connectivity index (χ1n) is 6.58. The molecule has 1 aliphatic heterocycles. The van der Waals surface area contributed by atoms with Crippen molar-refractivity contribution in [3.8, 4) is 0 Å². The maximum Gasteiger partial charge on any atom is 0.241 e. The van der Waals surface area contributed by atoms with E-state index in [0.29, 0.717) is 0 Å². The molecule has 0 bridgehead atoms. The summed E-state index contributed by atoms with van der Waals surface area (Å²) in [7, 11) is -3.65. The third kappa shape index (κ3) is 4.89. The van der Waals surface area contributed by atoms with Gasteiger partial charge >= 0.3 is 0 Å². The molecule has 2 N–H and O–H groups in total. The molecule has 1 saturated heterocycles. The van der Waals surface area contributed by atoms with Gasteiger partial charge in [0.25, 0.3) is 0 Å². The molecule has 0 amide bonds. The van der Waals surface area contributed by atoms with Crippen molar-refractivity contribution in [3.63, 3.8) is 0 Å². The van der Waals surface area contributed by atoms with Crippen LogP contribution in [0.3, 0.4) is 0 Å². The normalized spacial score (nSPS) is 20.6. The highest BCUT2D eigenvalue weighted by molar-refractivity contribution is 9.10. The fourth-order valence-corrected chi connectivity index (χ4v) is 4.76. The van der Waals surface area contributed by atoms with Crippen LogP contribution in [-0.2, 0) is 10.0 Å². The number of sulfonamides is 1. The first-order chi connectivity index (χ1) is 9.40. The highest BCUT2D eigenvalue weighted by atomic mass is 79.9. The molecule has 1 aliphatic rings. The molecule has 21 heavy (non-hydrogen) atoms. The average Bonchev–Trinajstić information content (AvgIpc) is 2.38. The number of hydrogen-bond donors (Lipinski definition) is 2. The van der Waals surface area contributed by atoms with Gasteiger partial charge in [-0.3, -0.25) is 0 Å². The molecule has 1 fully saturated rings. The van der Waals surface area contributed by atoms with Crippen LogP contribution >= 0.6 is 28.3 Å². The van der Waals surface area contributed by atoms with Crippen LogP contribution in [0.25, 0.3) is 0 Å². The van der Waals surface area contributed by atoms with Gasteiger partial charge in [0.05, 0.1) is 4.90 Å². The zero-order valence-corrected chi connectivity index (χ0v) is 14.8. The Kier molecular flexibility index (Phi) is 7.06. The quantitative estimate of drug-likeness (QED) is 0.815. The van der Waals surface area contributed by atoms with E-state index in [1.165, 1.54) is 6.07 Å². The Morgan fingerprint density at radius 1 is 1.48 bits per heavy atom. The number of benzene rings is 1. The summed E-state index contributed by atoms with van der Waals surface area (Å²) in [6.07, 6.45) is 2.05. The standard InChI is InChI=1S/C13H18BrFN2O2S.ClH/c1-9(10-3-2-6-16-8-10)17-20(18,19)13-5-4-11(15)7-12(13)14;/h4-5,7,9-10,16-17H,2-3,6,8H2,1H3;1H. The average molecular weight is 402 g/mol. The molecule has 120 valence electrons. The molecule has 2 unspecified atom stereocenters. The largest absolute Gasteiger partial charge is 0.316 e. The van der Waals surface area contributed by atoms with Gasteiger partial charge in [-0.2, -0.15) is 0 Å². The van der Waals surface area contributed by atoms with Crippen molar-refractivity contribution in [1.29, 1.82) is 0 Å². The van der Waals surface area contributed by atoms with E-state index < -0.39 is 15.8 Å². The predicted molar refractivity (Wildman–Crippen MR) is 86.7 cm³/mol. The molecule has 4 nitrogen and oxygen atoms in total. The highest BCUT2D eigenvalue weighted by Gasteiger charge is 2.26. The lowest BCUT2D eigenvalue weighted by molar-refractivity contribution is 0.320. The van der Waals surface area contributed by atoms with Crippen LogP contribution < -0.4 is 10.0 Å². The number of piperidine rings is 1. The Labute approximate surface area is 139 Å². The Balaban J connectivity index is 0.00000220. The van der Waals surface area contributed by atoms with E-state index in [9.17, 15) is 12.8 Å². The van der Waals surface area contributed by atoms with Crippen molar-refractivity contribution >= 4 is 38.4 Å². The second-order valence-corrected chi connectivity index (χ2v) is 7.63. The lowest BCUT2D eigenvalue weighted by atomic mass is 9.94. The van der Waals surface area contributed by atoms with E-state index in [1.54, 1.807) is 0 Å². The molecule has 0 aromatic heterocycles. The van der Waals surface area contributed by atoms with Gasteiger partial charge in [-0.25, -0.2) is 17.5 Å². The SMILES string of the molecule is CC(NS(=O)(=O)c1ccc(F)cc1Br)C1CCCNC1.Cl. The maximum atomic E-state index is 13.0. The molecule has 1 aromatic carbocycles. The topological polar surface area (TPSA) is 58.2 Å². The lowest BCUT2D eigenvalue weighted by Gasteiger charge is -2.28. The molecule has 8 heteroatoms. The molecule has 1 aromatic rings. The number of nitrogens with one attached hydrogen (secondary N) is 2. The first kappa shape index (κ1) is 18.8. The van der Waals surface area contributed by atoms with E-state index in [-0.39, 0.29) is 33.7 Å². The van der Waals surface area contributed by atoms with E-state index in [4.69, 9.17) is 0 Å². The minimum atomic E-state index is -3.65. The molecule has 2 atom stereocenters. The summed E-state index contributed by atoms with van der Waals surface area (Å²) >= 11 is 3.10. The number of hydrogen-bond acceptors (Lipinski definition) is 3. The van der Waals surface area contributed by atoms with Crippen LogP contribution in [0.15, 0.2) is 27.6 Å². The van der Waals surface area contributed by atoms with Crippen LogP contribution in [0.4, 0.5) is 4.39 Å². The molecule has 0 saturated carbocycles. The lowest BCUT2D eigenvalue weighted by Crippen LogP contribution is -2.44. The summed E-state index contributed by atoms with van der Waals surface area (Å²) in [5, 5.41) is 3.27.